The third-order valence-electron chi connectivity index (χ3n) is 5.28. The Hall–Kier alpha value is -4.08. The molecule has 0 spiro atoms. The Morgan fingerprint density at radius 2 is 1.85 bits per heavy atom. The number of amides is 1. The number of benzene rings is 1. The molecule has 0 saturated carbocycles. The van der Waals surface area contributed by atoms with Crippen LogP contribution in [0.25, 0.3) is 10.9 Å². The van der Waals surface area contributed by atoms with Gasteiger partial charge in [-0.15, -0.1) is 5.10 Å². The Morgan fingerprint density at radius 3 is 2.52 bits per heavy atom. The SMILES string of the molecule is Cc1cc2cc(C(=O)N(Cc3ccc(C(F)F)nn3)[C@H](C)c3ncccn3)ccc2nc1N. The Balaban J connectivity index is 1.70. The zero-order chi connectivity index (χ0) is 23.5. The number of nitrogens with two attached hydrogens (primary N) is 1. The van der Waals surface area contributed by atoms with Crippen molar-refractivity contribution in [3.63, 3.8) is 0 Å². The summed E-state index contributed by atoms with van der Waals surface area (Å²) >= 11 is 0. The van der Waals surface area contributed by atoms with Gasteiger partial charge in [-0.1, -0.05) is 0 Å². The number of hydrogen-bond acceptors (Lipinski definition) is 7. The number of aromatic nitrogens is 5. The number of anilines is 1. The summed E-state index contributed by atoms with van der Waals surface area (Å²) in [4.78, 5) is 28.0. The normalized spacial score (nSPS) is 12.2. The van der Waals surface area contributed by atoms with Crippen LogP contribution in [-0.2, 0) is 6.54 Å². The first kappa shape index (κ1) is 22.1. The van der Waals surface area contributed by atoms with Crippen molar-refractivity contribution >= 4 is 22.6 Å². The molecule has 4 rings (SSSR count). The number of alkyl halides is 2. The summed E-state index contributed by atoms with van der Waals surface area (Å²) in [6.45, 7) is 3.67. The number of pyridine rings is 1. The van der Waals surface area contributed by atoms with Crippen LogP contribution in [-0.4, -0.2) is 36.0 Å². The molecule has 1 atom stereocenters. The Bertz CT molecular complexity index is 1280. The van der Waals surface area contributed by atoms with E-state index in [0.717, 1.165) is 10.9 Å². The zero-order valence-corrected chi connectivity index (χ0v) is 18.0. The standard InChI is InChI=1S/C23H21F2N7O/c1-13-10-16-11-15(4-6-18(16)29-21(13)26)23(33)32(14(2)22-27-8-3-9-28-22)12-17-5-7-19(20(24)25)31-30-17/h3-11,14,20H,12H2,1-2H3,(H2,26,29)/t14-/m1/s1. The molecule has 0 bridgehead atoms. The fourth-order valence-corrected chi connectivity index (χ4v) is 3.39. The van der Waals surface area contributed by atoms with Gasteiger partial charge in [-0.05, 0) is 61.9 Å². The number of hydrogen-bond donors (Lipinski definition) is 1. The predicted molar refractivity (Wildman–Crippen MR) is 118 cm³/mol. The molecule has 2 N–H and O–H groups in total. The Labute approximate surface area is 188 Å². The van der Waals surface area contributed by atoms with Crippen LogP contribution in [0.2, 0.25) is 0 Å². The molecule has 1 aromatic carbocycles. The molecule has 0 radical (unpaired) electrons. The molecule has 1 amide bonds. The molecule has 8 nitrogen and oxygen atoms in total. The minimum absolute atomic E-state index is 0.0336. The summed E-state index contributed by atoms with van der Waals surface area (Å²) in [5, 5.41) is 8.21. The highest BCUT2D eigenvalue weighted by Gasteiger charge is 2.26. The third kappa shape index (κ3) is 4.74. The number of rotatable bonds is 6. The van der Waals surface area contributed by atoms with Gasteiger partial charge in [0.1, 0.15) is 17.3 Å². The number of halogens is 2. The van der Waals surface area contributed by atoms with Crippen LogP contribution in [0.5, 0.6) is 0 Å². The summed E-state index contributed by atoms with van der Waals surface area (Å²) in [6, 6.07) is 10.8. The molecule has 10 heteroatoms. The largest absolute Gasteiger partial charge is 0.383 e. The number of nitrogen functional groups attached to an aromatic ring is 1. The molecule has 3 heterocycles. The van der Waals surface area contributed by atoms with Gasteiger partial charge in [-0.3, -0.25) is 4.79 Å². The first-order chi connectivity index (χ1) is 15.8. The smallest absolute Gasteiger partial charge is 0.282 e. The maximum Gasteiger partial charge on any atom is 0.282 e. The van der Waals surface area contributed by atoms with Crippen molar-refractivity contribution in [2.45, 2.75) is 32.9 Å². The van der Waals surface area contributed by atoms with Crippen LogP contribution in [0.1, 0.15) is 52.5 Å². The van der Waals surface area contributed by atoms with E-state index in [1.165, 1.54) is 17.0 Å². The second kappa shape index (κ2) is 9.19. The van der Waals surface area contributed by atoms with E-state index in [1.54, 1.807) is 43.6 Å². The van der Waals surface area contributed by atoms with Crippen molar-refractivity contribution in [2.75, 3.05) is 5.73 Å². The van der Waals surface area contributed by atoms with Crippen LogP contribution in [0.15, 0.2) is 54.9 Å². The molecule has 33 heavy (non-hydrogen) atoms. The van der Waals surface area contributed by atoms with Gasteiger partial charge >= 0.3 is 0 Å². The van der Waals surface area contributed by atoms with E-state index in [2.05, 4.69) is 25.1 Å². The molecule has 0 aliphatic carbocycles. The van der Waals surface area contributed by atoms with Gasteiger partial charge in [0.05, 0.1) is 23.8 Å². The summed E-state index contributed by atoms with van der Waals surface area (Å²) in [7, 11) is 0. The molecule has 3 aromatic heterocycles. The second-order valence-corrected chi connectivity index (χ2v) is 7.56. The van der Waals surface area contributed by atoms with Gasteiger partial charge in [0.15, 0.2) is 0 Å². The van der Waals surface area contributed by atoms with Gasteiger partial charge in [0.2, 0.25) is 0 Å². The van der Waals surface area contributed by atoms with Crippen LogP contribution in [0.3, 0.4) is 0 Å². The van der Waals surface area contributed by atoms with E-state index in [-0.39, 0.29) is 12.5 Å². The zero-order valence-electron chi connectivity index (χ0n) is 18.0. The highest BCUT2D eigenvalue weighted by molar-refractivity contribution is 5.98. The molecule has 0 fully saturated rings. The van der Waals surface area contributed by atoms with Crippen LogP contribution in [0, 0.1) is 6.92 Å². The fourth-order valence-electron chi connectivity index (χ4n) is 3.39. The number of fused-ring (bicyclic) bond motifs is 1. The number of aryl methyl sites for hydroxylation is 1. The second-order valence-electron chi connectivity index (χ2n) is 7.56. The Kier molecular flexibility index (Phi) is 6.16. The fraction of sp³-hybridized carbons (Fsp3) is 0.217. The molecule has 4 aromatic rings. The molecule has 0 unspecified atom stereocenters. The van der Waals surface area contributed by atoms with Gasteiger partial charge in [-0.2, -0.15) is 5.10 Å². The van der Waals surface area contributed by atoms with Crippen molar-refractivity contribution in [3.8, 4) is 0 Å². The van der Waals surface area contributed by atoms with Crippen molar-refractivity contribution in [1.29, 1.82) is 0 Å². The topological polar surface area (TPSA) is 111 Å². The number of carbonyl (C=O) groups is 1. The van der Waals surface area contributed by atoms with E-state index in [1.807, 2.05) is 13.0 Å². The predicted octanol–water partition coefficient (Wildman–Crippen LogP) is 4.05. The minimum atomic E-state index is -2.72. The Morgan fingerprint density at radius 1 is 1.09 bits per heavy atom. The van der Waals surface area contributed by atoms with E-state index in [9.17, 15) is 13.6 Å². The van der Waals surface area contributed by atoms with Crippen molar-refractivity contribution in [2.24, 2.45) is 0 Å². The molecule has 0 saturated heterocycles. The molecular weight excluding hydrogens is 428 g/mol. The lowest BCUT2D eigenvalue weighted by atomic mass is 10.1. The first-order valence-corrected chi connectivity index (χ1v) is 10.2. The molecular formula is C23H21F2N7O. The van der Waals surface area contributed by atoms with Crippen LogP contribution >= 0.6 is 0 Å². The summed E-state index contributed by atoms with van der Waals surface area (Å²) in [5.74, 6) is 0.573. The monoisotopic (exact) mass is 449 g/mol. The summed E-state index contributed by atoms with van der Waals surface area (Å²) in [5.41, 5.74) is 7.74. The van der Waals surface area contributed by atoms with Crippen LogP contribution in [0.4, 0.5) is 14.6 Å². The average molecular weight is 449 g/mol. The van der Waals surface area contributed by atoms with E-state index in [0.29, 0.717) is 28.4 Å². The molecule has 168 valence electrons. The van der Waals surface area contributed by atoms with Crippen molar-refractivity contribution < 1.29 is 13.6 Å². The lowest BCUT2D eigenvalue weighted by molar-refractivity contribution is 0.0662. The molecule has 0 aliphatic rings. The average Bonchev–Trinajstić information content (AvgIpc) is 2.83. The third-order valence-corrected chi connectivity index (χ3v) is 5.28. The van der Waals surface area contributed by atoms with E-state index < -0.39 is 18.2 Å². The lowest BCUT2D eigenvalue weighted by Gasteiger charge is -2.28. The highest BCUT2D eigenvalue weighted by Crippen LogP contribution is 2.25. The number of carbonyl (C=O) groups excluding carboxylic acids is 1. The van der Waals surface area contributed by atoms with Crippen molar-refractivity contribution in [3.05, 3.63) is 83.2 Å². The van der Waals surface area contributed by atoms with Crippen molar-refractivity contribution in [1.82, 2.24) is 30.0 Å². The van der Waals surface area contributed by atoms with Gasteiger partial charge in [0.25, 0.3) is 12.3 Å². The van der Waals surface area contributed by atoms with Gasteiger partial charge in [0, 0.05) is 23.3 Å². The quantitative estimate of drug-likeness (QED) is 0.473. The van der Waals surface area contributed by atoms with Crippen LogP contribution < -0.4 is 5.73 Å². The maximum atomic E-state index is 13.6. The number of nitrogens with zero attached hydrogens (tertiary/aromatic N) is 6. The minimum Gasteiger partial charge on any atom is -0.383 e. The van der Waals surface area contributed by atoms with E-state index >= 15 is 0 Å². The van der Waals surface area contributed by atoms with E-state index in [4.69, 9.17) is 5.73 Å². The maximum absolute atomic E-state index is 13.6. The lowest BCUT2D eigenvalue weighted by Crippen LogP contribution is -2.34. The molecule has 0 aliphatic heterocycles. The first-order valence-electron chi connectivity index (χ1n) is 10.2. The van der Waals surface area contributed by atoms with Gasteiger partial charge in [-0.25, -0.2) is 23.7 Å². The summed E-state index contributed by atoms with van der Waals surface area (Å²) < 4.78 is 25.7. The van der Waals surface area contributed by atoms with Gasteiger partial charge < -0.3 is 10.6 Å². The highest BCUT2D eigenvalue weighted by atomic mass is 19.3. The summed E-state index contributed by atoms with van der Waals surface area (Å²) in [6.07, 6.45) is 0.464.